The SMILES string of the molecule is Cc1ccc(S(=O)(=O)N2Cc3csc(n3)-c3nc(cs3)CN(S(=O)(=O)c3ccc(C)cc3)Cc3csc(n3)-c3nc(cs3)C2)cc1. The Kier molecular flexibility index (Phi) is 8.48. The summed E-state index contributed by atoms with van der Waals surface area (Å²) in [5.74, 6) is 0. The summed E-state index contributed by atoms with van der Waals surface area (Å²) in [6.45, 7) is 4.00. The first-order chi connectivity index (χ1) is 22.0. The van der Waals surface area contributed by atoms with E-state index in [-0.39, 0.29) is 36.0 Å². The van der Waals surface area contributed by atoms with Crippen molar-refractivity contribution in [2.45, 2.75) is 49.8 Å². The minimum absolute atomic E-state index is 0.0434. The zero-order valence-electron chi connectivity index (χ0n) is 24.5. The summed E-state index contributed by atoms with van der Waals surface area (Å²) in [7, 11) is -7.77. The fraction of sp³-hybridized carbons (Fsp3) is 0.200. The van der Waals surface area contributed by atoms with Gasteiger partial charge in [0, 0.05) is 21.5 Å². The Morgan fingerprint density at radius 1 is 0.478 bits per heavy atom. The van der Waals surface area contributed by atoms with E-state index in [1.165, 1.54) is 54.0 Å². The molecule has 0 aliphatic carbocycles. The van der Waals surface area contributed by atoms with Crippen LogP contribution in [0.1, 0.15) is 33.9 Å². The molecule has 8 bridgehead atoms. The first-order valence-corrected chi connectivity index (χ1v) is 20.4. The Hall–Kier alpha value is -3.22. The van der Waals surface area contributed by atoms with Crippen LogP contribution in [0.3, 0.4) is 0 Å². The summed E-state index contributed by atoms with van der Waals surface area (Å²) < 4.78 is 58.4. The van der Waals surface area contributed by atoms with Crippen LogP contribution in [0.5, 0.6) is 0 Å². The van der Waals surface area contributed by atoms with Gasteiger partial charge < -0.3 is 0 Å². The minimum atomic E-state index is -3.88. The molecule has 0 spiro atoms. The van der Waals surface area contributed by atoms with Gasteiger partial charge in [0.2, 0.25) is 20.0 Å². The van der Waals surface area contributed by atoms with E-state index in [9.17, 15) is 16.8 Å². The molecule has 6 aromatic rings. The van der Waals surface area contributed by atoms with Gasteiger partial charge in [-0.3, -0.25) is 0 Å². The lowest BCUT2D eigenvalue weighted by molar-refractivity contribution is 0.393. The predicted octanol–water partition coefficient (Wildman–Crippen LogP) is 6.56. The molecule has 0 saturated carbocycles. The summed E-state index contributed by atoms with van der Waals surface area (Å²) in [6.07, 6.45) is 0. The van der Waals surface area contributed by atoms with Crippen molar-refractivity contribution in [3.8, 4) is 20.0 Å². The van der Waals surface area contributed by atoms with Gasteiger partial charge in [-0.1, -0.05) is 35.4 Å². The van der Waals surface area contributed by atoms with E-state index < -0.39 is 20.0 Å². The Bertz CT molecular complexity index is 1990. The molecule has 0 radical (unpaired) electrons. The summed E-state index contributed by atoms with van der Waals surface area (Å²) >= 11 is 5.48. The highest BCUT2D eigenvalue weighted by molar-refractivity contribution is 7.89. The van der Waals surface area contributed by atoms with Gasteiger partial charge in [-0.25, -0.2) is 36.8 Å². The number of rotatable bonds is 4. The third-order valence-electron chi connectivity index (χ3n) is 7.24. The lowest BCUT2D eigenvalue weighted by atomic mass is 10.2. The highest BCUT2D eigenvalue weighted by Gasteiger charge is 2.29. The predicted molar refractivity (Wildman–Crippen MR) is 182 cm³/mol. The highest BCUT2D eigenvalue weighted by Crippen LogP contribution is 2.33. The molecular weight excluding hydrogens is 701 g/mol. The molecule has 1 aliphatic rings. The molecular formula is C30H26N6O4S6. The van der Waals surface area contributed by atoms with Crippen LogP contribution in [0.25, 0.3) is 20.0 Å². The van der Waals surface area contributed by atoms with Gasteiger partial charge in [0.1, 0.15) is 0 Å². The van der Waals surface area contributed by atoms with Crippen LogP contribution in [0.15, 0.2) is 79.8 Å². The fourth-order valence-corrected chi connectivity index (χ4v) is 10.9. The maximum absolute atomic E-state index is 13.9. The molecule has 0 saturated heterocycles. The van der Waals surface area contributed by atoms with Gasteiger partial charge in [-0.05, 0) is 38.1 Å². The summed E-state index contributed by atoms with van der Waals surface area (Å²) in [5.41, 5.74) is 4.26. The van der Waals surface area contributed by atoms with Crippen molar-refractivity contribution in [1.29, 1.82) is 0 Å². The van der Waals surface area contributed by atoms with E-state index in [2.05, 4.69) is 0 Å². The van der Waals surface area contributed by atoms with Crippen molar-refractivity contribution in [2.24, 2.45) is 0 Å². The second-order valence-corrected chi connectivity index (χ2v) is 18.1. The van der Waals surface area contributed by atoms with Gasteiger partial charge in [0.15, 0.2) is 20.0 Å². The summed E-state index contributed by atoms with van der Waals surface area (Å²) in [6, 6.07) is 13.6. The molecule has 7 rings (SSSR count). The van der Waals surface area contributed by atoms with Gasteiger partial charge in [0.05, 0.1) is 58.7 Å². The number of benzene rings is 2. The molecule has 0 N–H and O–H groups in total. The van der Waals surface area contributed by atoms with E-state index in [1.54, 1.807) is 48.5 Å². The lowest BCUT2D eigenvalue weighted by Crippen LogP contribution is -2.30. The Labute approximate surface area is 282 Å². The standard InChI is InChI=1S/C30H26N6O4S6/c1-19-3-7-25(8-4-19)45(37,38)35-11-21-15-41-27(31-21)29-33-23(17-43-29)13-36(46(39,40)26-9-5-20(2)6-10-26)14-24-18-44-30(34-24)28-32-22(12-35)16-42-28/h3-10,15-18H,11-14H2,1-2H3. The number of nitrogens with zero attached hydrogens (tertiary/aromatic N) is 6. The Morgan fingerprint density at radius 2 is 0.739 bits per heavy atom. The molecule has 0 amide bonds. The first kappa shape index (κ1) is 31.4. The van der Waals surface area contributed by atoms with Crippen molar-refractivity contribution < 1.29 is 16.8 Å². The minimum Gasteiger partial charge on any atom is -0.237 e. The zero-order valence-corrected chi connectivity index (χ0v) is 29.4. The van der Waals surface area contributed by atoms with E-state index >= 15 is 0 Å². The number of hydrogen-bond donors (Lipinski definition) is 0. The second-order valence-electron chi connectivity index (χ2n) is 10.7. The molecule has 10 nitrogen and oxygen atoms in total. The average molecular weight is 727 g/mol. The van der Waals surface area contributed by atoms with Crippen LogP contribution in [-0.2, 0) is 46.2 Å². The van der Waals surface area contributed by atoms with Crippen LogP contribution in [-0.4, -0.2) is 45.4 Å². The third kappa shape index (κ3) is 6.35. The number of aryl methyl sites for hydroxylation is 2. The molecule has 0 unspecified atom stereocenters. The number of sulfonamides is 2. The molecule has 0 atom stereocenters. The average Bonchev–Trinajstić information content (AvgIpc) is 3.84. The number of thiazole rings is 4. The second kappa shape index (κ2) is 12.4. The molecule has 46 heavy (non-hydrogen) atoms. The van der Waals surface area contributed by atoms with Gasteiger partial charge in [-0.15, -0.1) is 45.3 Å². The zero-order chi connectivity index (χ0) is 32.1. The Morgan fingerprint density at radius 3 is 1.00 bits per heavy atom. The fourth-order valence-electron chi connectivity index (χ4n) is 4.80. The maximum Gasteiger partial charge on any atom is 0.243 e. The molecule has 0 fully saturated rings. The maximum atomic E-state index is 13.9. The third-order valence-corrected chi connectivity index (χ3v) is 14.7. The summed E-state index contributed by atoms with van der Waals surface area (Å²) in [5, 5.41) is 9.86. The van der Waals surface area contributed by atoms with E-state index in [0.717, 1.165) is 11.1 Å². The van der Waals surface area contributed by atoms with E-state index in [1.807, 2.05) is 35.4 Å². The smallest absolute Gasteiger partial charge is 0.237 e. The largest absolute Gasteiger partial charge is 0.243 e. The quantitative estimate of drug-likeness (QED) is 0.200. The van der Waals surface area contributed by atoms with Crippen LogP contribution in [0.2, 0.25) is 0 Å². The van der Waals surface area contributed by atoms with Gasteiger partial charge in [0.25, 0.3) is 0 Å². The molecule has 1 aliphatic heterocycles. The number of hydrogen-bond acceptors (Lipinski definition) is 12. The summed E-state index contributed by atoms with van der Waals surface area (Å²) in [4.78, 5) is 19.4. The molecule has 16 heteroatoms. The molecule has 4 aromatic heterocycles. The van der Waals surface area contributed by atoms with Crippen LogP contribution < -0.4 is 0 Å². The highest BCUT2D eigenvalue weighted by atomic mass is 32.2. The number of aromatic nitrogens is 4. The van der Waals surface area contributed by atoms with E-state index in [4.69, 9.17) is 19.9 Å². The lowest BCUT2D eigenvalue weighted by Gasteiger charge is -2.21. The van der Waals surface area contributed by atoms with Crippen molar-refractivity contribution >= 4 is 65.4 Å². The topological polar surface area (TPSA) is 126 Å². The number of fused-ring (bicyclic) bond motifs is 10. The monoisotopic (exact) mass is 726 g/mol. The Balaban J connectivity index is 1.29. The van der Waals surface area contributed by atoms with Crippen LogP contribution >= 0.6 is 45.3 Å². The molecule has 236 valence electrons. The molecule has 5 heterocycles. The van der Waals surface area contributed by atoms with Gasteiger partial charge in [-0.2, -0.15) is 8.61 Å². The van der Waals surface area contributed by atoms with Crippen LogP contribution in [0.4, 0.5) is 0 Å². The van der Waals surface area contributed by atoms with Gasteiger partial charge >= 0.3 is 0 Å². The normalized spacial score (nSPS) is 15.0. The first-order valence-electron chi connectivity index (χ1n) is 14.0. The van der Waals surface area contributed by atoms with Crippen molar-refractivity contribution in [3.63, 3.8) is 0 Å². The van der Waals surface area contributed by atoms with Crippen LogP contribution in [0, 0.1) is 13.8 Å². The van der Waals surface area contributed by atoms with Crippen molar-refractivity contribution in [1.82, 2.24) is 28.5 Å². The van der Waals surface area contributed by atoms with Crippen molar-refractivity contribution in [3.05, 3.63) is 104 Å². The molecule has 2 aromatic carbocycles. The van der Waals surface area contributed by atoms with Crippen molar-refractivity contribution in [2.75, 3.05) is 0 Å². The van der Waals surface area contributed by atoms with E-state index in [0.29, 0.717) is 42.8 Å².